The van der Waals surface area contributed by atoms with Gasteiger partial charge in [-0.05, 0) is 76.6 Å². The zero-order valence-corrected chi connectivity index (χ0v) is 32.0. The fraction of sp³-hybridized carbons (Fsp3) is 0.421. The van der Waals surface area contributed by atoms with Gasteiger partial charge in [0.15, 0.2) is 22.6 Å². The van der Waals surface area contributed by atoms with E-state index in [1.165, 1.54) is 6.33 Å². The van der Waals surface area contributed by atoms with E-state index in [2.05, 4.69) is 60.6 Å². The van der Waals surface area contributed by atoms with Gasteiger partial charge < -0.3 is 25.2 Å². The molecule has 19 nitrogen and oxygen atoms in total. The molecule has 2 aliphatic heterocycles. The Morgan fingerprint density at radius 2 is 1.30 bits per heavy atom. The van der Waals surface area contributed by atoms with Crippen molar-refractivity contribution in [3.63, 3.8) is 0 Å². The van der Waals surface area contributed by atoms with E-state index in [1.807, 2.05) is 58.4 Å². The number of hydrogen-bond acceptors (Lipinski definition) is 15. The molecule has 2 aliphatic carbocycles. The van der Waals surface area contributed by atoms with E-state index in [9.17, 15) is 0 Å². The Kier molecular flexibility index (Phi) is 8.34. The van der Waals surface area contributed by atoms with Gasteiger partial charge in [-0.2, -0.15) is 30.4 Å². The number of nitrogens with one attached hydrogen (secondary N) is 3. The van der Waals surface area contributed by atoms with Crippen molar-refractivity contribution in [3.8, 4) is 0 Å². The van der Waals surface area contributed by atoms with Gasteiger partial charge in [-0.1, -0.05) is 0 Å². The standard InChI is InChI=1S/C19H20N8O.C13H12N8.C6H10O2/c1-11-3-16-21-10-22-26(16)7-15(11)23-18-20-6-14-12(2)25-27(17(14)24-18)13-4-19(5-13)8-28-9-19;1-7-3-11-15-6-16-21(11)5-10(7)17-13-14-4-9-8(2)19-20-12(9)18-13;7-5-1-6(2-5)3-8-4-6/h3,6-7,10,13H,4-5,8-9H2,1-2H3,(H,20,23,24);3-6H,1-2H3,(H2,14,17,18,19,20);5,7H,1-4H2. The molecule has 4 N–H and O–H groups in total. The lowest BCUT2D eigenvalue weighted by Gasteiger charge is -2.53. The van der Waals surface area contributed by atoms with E-state index in [1.54, 1.807) is 21.6 Å². The molecule has 8 aromatic rings. The number of rotatable bonds is 5. The molecule has 8 aromatic heterocycles. The molecule has 0 aromatic carbocycles. The average molecular weight is 771 g/mol. The van der Waals surface area contributed by atoms with Gasteiger partial charge in [-0.3, -0.25) is 5.10 Å². The summed E-state index contributed by atoms with van der Waals surface area (Å²) in [5.41, 5.74) is 9.76. The predicted molar refractivity (Wildman–Crippen MR) is 209 cm³/mol. The third-order valence-corrected chi connectivity index (χ3v) is 11.5. The number of nitrogens with zero attached hydrogens (tertiary/aromatic N) is 13. The molecular formula is C38H42N16O3. The highest BCUT2D eigenvalue weighted by Gasteiger charge is 2.51. The number of anilines is 4. The monoisotopic (exact) mass is 770 g/mol. The van der Waals surface area contributed by atoms with Crippen molar-refractivity contribution in [2.75, 3.05) is 37.1 Å². The van der Waals surface area contributed by atoms with E-state index in [0.29, 0.717) is 34.4 Å². The summed E-state index contributed by atoms with van der Waals surface area (Å²) in [6.45, 7) is 11.5. The van der Waals surface area contributed by atoms with E-state index >= 15 is 0 Å². The minimum absolute atomic E-state index is 0.0149. The smallest absolute Gasteiger partial charge is 0.229 e. The normalized spacial score (nSPS) is 19.0. The maximum atomic E-state index is 8.89. The number of pyridine rings is 2. The topological polar surface area (TPSA) is 221 Å². The molecule has 4 aliphatic rings. The third kappa shape index (κ3) is 6.46. The predicted octanol–water partition coefficient (Wildman–Crippen LogP) is 4.49. The maximum absolute atomic E-state index is 8.89. The van der Waals surface area contributed by atoms with Crippen LogP contribution in [0.3, 0.4) is 0 Å². The molecule has 4 fully saturated rings. The largest absolute Gasteiger partial charge is 0.393 e. The summed E-state index contributed by atoms with van der Waals surface area (Å²) in [5.74, 6) is 1.05. The molecule has 2 spiro atoms. The zero-order valence-electron chi connectivity index (χ0n) is 32.0. The van der Waals surface area contributed by atoms with Gasteiger partial charge >= 0.3 is 0 Å². The second-order valence-electron chi connectivity index (χ2n) is 16.0. The lowest BCUT2D eigenvalue weighted by Crippen LogP contribution is -2.54. The fourth-order valence-electron chi connectivity index (χ4n) is 8.08. The summed E-state index contributed by atoms with van der Waals surface area (Å²) >= 11 is 0. The van der Waals surface area contributed by atoms with Crippen molar-refractivity contribution in [3.05, 3.63) is 72.1 Å². The van der Waals surface area contributed by atoms with E-state index in [4.69, 9.17) is 24.7 Å². The van der Waals surface area contributed by atoms with Gasteiger partial charge in [-0.15, -0.1) is 0 Å². The van der Waals surface area contributed by atoms with Gasteiger partial charge in [0.05, 0.1) is 78.8 Å². The van der Waals surface area contributed by atoms with E-state index < -0.39 is 0 Å². The second-order valence-corrected chi connectivity index (χ2v) is 16.0. The Morgan fingerprint density at radius 3 is 1.84 bits per heavy atom. The third-order valence-electron chi connectivity index (χ3n) is 11.5. The molecule has 292 valence electrons. The van der Waals surface area contributed by atoms with Crippen LogP contribution in [0.2, 0.25) is 0 Å². The number of fused-ring (bicyclic) bond motifs is 4. The number of aromatic nitrogens is 14. The second kappa shape index (κ2) is 13.5. The highest BCUT2D eigenvalue weighted by atomic mass is 16.5. The van der Waals surface area contributed by atoms with Crippen molar-refractivity contribution in [2.45, 2.75) is 65.5 Å². The van der Waals surface area contributed by atoms with Gasteiger partial charge in [0.2, 0.25) is 11.9 Å². The molecule has 12 rings (SSSR count). The molecule has 0 atom stereocenters. The highest BCUT2D eigenvalue weighted by Crippen LogP contribution is 2.53. The highest BCUT2D eigenvalue weighted by molar-refractivity contribution is 5.79. The molecule has 0 amide bonds. The molecule has 19 heteroatoms. The van der Waals surface area contributed by atoms with Crippen LogP contribution in [0.4, 0.5) is 23.3 Å². The van der Waals surface area contributed by atoms with Crippen LogP contribution in [-0.2, 0) is 9.47 Å². The molecule has 2 saturated carbocycles. The quantitative estimate of drug-likeness (QED) is 0.189. The zero-order chi connectivity index (χ0) is 38.9. The summed E-state index contributed by atoms with van der Waals surface area (Å²) in [7, 11) is 0. The number of aliphatic hydroxyl groups is 1. The number of ether oxygens (including phenoxy) is 2. The summed E-state index contributed by atoms with van der Waals surface area (Å²) < 4.78 is 15.9. The number of H-pyrrole nitrogens is 1. The summed E-state index contributed by atoms with van der Waals surface area (Å²) in [5, 5.41) is 37.4. The minimum atomic E-state index is -0.0149. The first-order valence-electron chi connectivity index (χ1n) is 19.0. The van der Waals surface area contributed by atoms with Crippen LogP contribution in [0.25, 0.3) is 33.4 Å². The van der Waals surface area contributed by atoms with Crippen LogP contribution < -0.4 is 10.6 Å². The minimum Gasteiger partial charge on any atom is -0.393 e. The van der Waals surface area contributed by atoms with Crippen LogP contribution >= 0.6 is 0 Å². The number of aryl methyl sites for hydroxylation is 4. The Hall–Kier alpha value is -6.18. The van der Waals surface area contributed by atoms with E-state index in [0.717, 1.165) is 114 Å². The van der Waals surface area contributed by atoms with E-state index in [-0.39, 0.29) is 6.10 Å². The number of aliphatic hydroxyl groups excluding tert-OH is 1. The summed E-state index contributed by atoms with van der Waals surface area (Å²) in [6, 6.07) is 4.32. The van der Waals surface area contributed by atoms with Crippen molar-refractivity contribution >= 4 is 56.6 Å². The summed E-state index contributed by atoms with van der Waals surface area (Å²) in [4.78, 5) is 26.4. The average Bonchev–Trinajstić information content (AvgIpc) is 3.93. The van der Waals surface area contributed by atoms with Crippen LogP contribution in [0.1, 0.15) is 54.2 Å². The van der Waals surface area contributed by atoms with Gasteiger partial charge in [0, 0.05) is 28.9 Å². The first-order chi connectivity index (χ1) is 27.6. The first-order valence-corrected chi connectivity index (χ1v) is 19.0. The van der Waals surface area contributed by atoms with Crippen LogP contribution in [0.5, 0.6) is 0 Å². The molecule has 0 bridgehead atoms. The van der Waals surface area contributed by atoms with Crippen LogP contribution in [0.15, 0.2) is 49.6 Å². The lowest BCUT2D eigenvalue weighted by atomic mass is 9.64. The van der Waals surface area contributed by atoms with Gasteiger partial charge in [-0.25, -0.2) is 33.6 Å². The Labute approximate surface area is 325 Å². The molecule has 0 radical (unpaired) electrons. The number of hydrogen-bond donors (Lipinski definition) is 4. The Bertz CT molecular complexity index is 2760. The van der Waals surface area contributed by atoms with Crippen molar-refractivity contribution in [2.24, 2.45) is 10.8 Å². The SMILES string of the molecule is Cc1cc2ncnn2cc1Nc1ncc2c(C)[nH]nc2n1.Cc1cc2ncnn2cc1Nc1ncc2c(C)nn(C3CC4(COC4)C3)c2n1.OC1CC2(COC2)C1. The summed E-state index contributed by atoms with van der Waals surface area (Å²) in [6.07, 6.45) is 14.6. The Balaban J connectivity index is 0.000000119. The maximum Gasteiger partial charge on any atom is 0.229 e. The molecular weight excluding hydrogens is 729 g/mol. The molecule has 57 heavy (non-hydrogen) atoms. The van der Waals surface area contributed by atoms with Crippen molar-refractivity contribution in [1.82, 2.24) is 69.1 Å². The molecule has 0 unspecified atom stereocenters. The van der Waals surface area contributed by atoms with Crippen LogP contribution in [0, 0.1) is 38.5 Å². The number of aromatic amines is 1. The first kappa shape index (κ1) is 35.2. The molecule has 10 heterocycles. The fourth-order valence-corrected chi connectivity index (χ4v) is 8.08. The Morgan fingerprint density at radius 1 is 0.737 bits per heavy atom. The lowest BCUT2D eigenvalue weighted by molar-refractivity contribution is -0.197. The molecule has 2 saturated heterocycles. The van der Waals surface area contributed by atoms with Crippen molar-refractivity contribution in [1.29, 1.82) is 0 Å². The van der Waals surface area contributed by atoms with Crippen LogP contribution in [-0.4, -0.2) is 107 Å². The van der Waals surface area contributed by atoms with Crippen molar-refractivity contribution < 1.29 is 14.6 Å². The van der Waals surface area contributed by atoms with Gasteiger partial charge in [0.1, 0.15) is 12.7 Å². The van der Waals surface area contributed by atoms with Gasteiger partial charge in [0.25, 0.3) is 0 Å².